The Morgan fingerprint density at radius 3 is 2.83 bits per heavy atom. The van der Waals surface area contributed by atoms with Crippen molar-refractivity contribution in [1.29, 1.82) is 0 Å². The summed E-state index contributed by atoms with van der Waals surface area (Å²) in [5.41, 5.74) is 3.58. The van der Waals surface area contributed by atoms with Crippen molar-refractivity contribution in [3.8, 4) is 0 Å². The molecule has 3 aromatic heterocycles. The van der Waals surface area contributed by atoms with E-state index in [0.717, 1.165) is 40.6 Å². The van der Waals surface area contributed by atoms with E-state index in [1.54, 1.807) is 16.9 Å². The van der Waals surface area contributed by atoms with Gasteiger partial charge in [-0.05, 0) is 24.6 Å². The van der Waals surface area contributed by atoms with E-state index in [1.807, 2.05) is 49.0 Å². The van der Waals surface area contributed by atoms with Crippen LogP contribution < -0.4 is 14.9 Å². The van der Waals surface area contributed by atoms with Gasteiger partial charge in [0.25, 0.3) is 5.65 Å². The standard InChI is InChI=1S/C20H19ClN6OS/c1-13-3-2-4-14(21)18(13)24-19-16-11-22-12-26(16)20-15(23-19)5-6-17(27(20)28)25-7-9-29-10-8-25/h2-6,11-12H,7-10H2,1H3,(H,23,24). The quantitative estimate of drug-likeness (QED) is 0.397. The van der Waals surface area contributed by atoms with E-state index in [0.29, 0.717) is 33.3 Å². The van der Waals surface area contributed by atoms with Gasteiger partial charge in [0.1, 0.15) is 5.52 Å². The van der Waals surface area contributed by atoms with Crippen LogP contribution in [0.1, 0.15) is 5.56 Å². The second-order valence-corrected chi connectivity index (χ2v) is 8.59. The molecular weight excluding hydrogens is 408 g/mol. The van der Waals surface area contributed by atoms with Gasteiger partial charge >= 0.3 is 0 Å². The molecule has 4 heterocycles. The maximum absolute atomic E-state index is 13.3. The van der Waals surface area contributed by atoms with Crippen LogP contribution in [0.4, 0.5) is 17.3 Å². The predicted octanol–water partition coefficient (Wildman–Crippen LogP) is 3.77. The third-order valence-electron chi connectivity index (χ3n) is 5.16. The molecule has 1 aromatic carbocycles. The molecule has 1 aliphatic heterocycles. The number of nitrogens with zero attached hydrogens (tertiary/aromatic N) is 5. The van der Waals surface area contributed by atoms with Gasteiger partial charge in [-0.3, -0.25) is 4.90 Å². The van der Waals surface area contributed by atoms with Crippen molar-refractivity contribution in [2.45, 2.75) is 6.92 Å². The van der Waals surface area contributed by atoms with Crippen molar-refractivity contribution in [2.75, 3.05) is 34.8 Å². The van der Waals surface area contributed by atoms with Crippen LogP contribution in [0.2, 0.25) is 5.02 Å². The number of halogens is 1. The Balaban J connectivity index is 1.67. The molecule has 148 valence electrons. The molecule has 9 heteroatoms. The third-order valence-corrected chi connectivity index (χ3v) is 6.42. The summed E-state index contributed by atoms with van der Waals surface area (Å²) in [7, 11) is 0. The molecule has 29 heavy (non-hydrogen) atoms. The Morgan fingerprint density at radius 2 is 2.03 bits per heavy atom. The van der Waals surface area contributed by atoms with E-state index in [2.05, 4.69) is 15.2 Å². The summed E-state index contributed by atoms with van der Waals surface area (Å²) in [6.07, 6.45) is 3.35. The number of rotatable bonds is 3. The van der Waals surface area contributed by atoms with E-state index in [9.17, 15) is 5.21 Å². The first kappa shape index (κ1) is 18.3. The van der Waals surface area contributed by atoms with Crippen LogP contribution in [-0.2, 0) is 0 Å². The van der Waals surface area contributed by atoms with Gasteiger partial charge in [0, 0.05) is 17.6 Å². The highest BCUT2D eigenvalue weighted by Gasteiger charge is 2.22. The first-order chi connectivity index (χ1) is 14.1. The minimum absolute atomic E-state index is 0.467. The Morgan fingerprint density at radius 1 is 1.21 bits per heavy atom. The van der Waals surface area contributed by atoms with Crippen LogP contribution in [0.25, 0.3) is 16.7 Å². The Bertz CT molecular complexity index is 1200. The number of pyridine rings is 1. The zero-order chi connectivity index (χ0) is 20.0. The number of thioether (sulfide) groups is 1. The van der Waals surface area contributed by atoms with Gasteiger partial charge in [-0.2, -0.15) is 11.8 Å². The van der Waals surface area contributed by atoms with Crippen LogP contribution in [-0.4, -0.2) is 39.0 Å². The van der Waals surface area contributed by atoms with E-state index in [4.69, 9.17) is 16.6 Å². The Labute approximate surface area is 176 Å². The predicted molar refractivity (Wildman–Crippen MR) is 118 cm³/mol. The van der Waals surface area contributed by atoms with E-state index in [1.165, 1.54) is 0 Å². The summed E-state index contributed by atoms with van der Waals surface area (Å²) in [5.74, 6) is 3.30. The van der Waals surface area contributed by atoms with E-state index >= 15 is 0 Å². The summed E-state index contributed by atoms with van der Waals surface area (Å²) < 4.78 is 2.75. The van der Waals surface area contributed by atoms with Crippen molar-refractivity contribution < 1.29 is 4.73 Å². The number of aryl methyl sites for hydroxylation is 1. The van der Waals surface area contributed by atoms with Gasteiger partial charge in [-0.25, -0.2) is 19.1 Å². The number of aromatic nitrogens is 4. The number of para-hydroxylation sites is 1. The summed E-state index contributed by atoms with van der Waals surface area (Å²) in [6, 6.07) is 9.47. The molecule has 0 aliphatic carbocycles. The van der Waals surface area contributed by atoms with Crippen LogP contribution in [0, 0.1) is 12.1 Å². The summed E-state index contributed by atoms with van der Waals surface area (Å²) in [6.45, 7) is 3.71. The van der Waals surface area contributed by atoms with E-state index in [-0.39, 0.29) is 0 Å². The monoisotopic (exact) mass is 426 g/mol. The Kier molecular flexibility index (Phi) is 4.60. The highest BCUT2D eigenvalue weighted by atomic mass is 35.5. The molecular formula is C20H19ClN6OS. The number of hydrogen-bond donors (Lipinski definition) is 1. The minimum Gasteiger partial charge on any atom is -0.740 e. The molecule has 0 amide bonds. The molecule has 1 fully saturated rings. The molecule has 0 bridgehead atoms. The van der Waals surface area contributed by atoms with Crippen molar-refractivity contribution in [3.05, 3.63) is 58.6 Å². The average molecular weight is 427 g/mol. The fourth-order valence-electron chi connectivity index (χ4n) is 3.66. The van der Waals surface area contributed by atoms with Gasteiger partial charge in [-0.1, -0.05) is 23.7 Å². The lowest BCUT2D eigenvalue weighted by atomic mass is 10.2. The SMILES string of the molecule is Cc1cccc(Cl)c1Nc1nc2ccc(N3CCSCC3)[n+]([O-])c2n2cncc12. The lowest BCUT2D eigenvalue weighted by molar-refractivity contribution is -0.566. The van der Waals surface area contributed by atoms with Crippen LogP contribution in [0.5, 0.6) is 0 Å². The van der Waals surface area contributed by atoms with Crippen molar-refractivity contribution in [3.63, 3.8) is 0 Å². The minimum atomic E-state index is 0.467. The molecule has 1 N–H and O–H groups in total. The number of anilines is 3. The highest BCUT2D eigenvalue weighted by molar-refractivity contribution is 7.99. The molecule has 4 aromatic rings. The molecule has 5 rings (SSSR count). The molecule has 0 atom stereocenters. The zero-order valence-electron chi connectivity index (χ0n) is 15.8. The Hall–Kier alpha value is -2.71. The maximum Gasteiger partial charge on any atom is 0.261 e. The molecule has 0 saturated carbocycles. The smallest absolute Gasteiger partial charge is 0.261 e. The van der Waals surface area contributed by atoms with Crippen molar-refractivity contribution in [2.24, 2.45) is 0 Å². The number of benzene rings is 1. The van der Waals surface area contributed by atoms with E-state index < -0.39 is 0 Å². The maximum atomic E-state index is 13.3. The van der Waals surface area contributed by atoms with Gasteiger partial charge < -0.3 is 10.5 Å². The van der Waals surface area contributed by atoms with Crippen LogP contribution in [0.15, 0.2) is 42.9 Å². The molecule has 0 radical (unpaired) electrons. The van der Waals surface area contributed by atoms with Crippen molar-refractivity contribution in [1.82, 2.24) is 14.4 Å². The molecule has 0 unspecified atom stereocenters. The van der Waals surface area contributed by atoms with Gasteiger partial charge in [0.05, 0.1) is 30.0 Å². The lowest BCUT2D eigenvalue weighted by Gasteiger charge is -2.27. The lowest BCUT2D eigenvalue weighted by Crippen LogP contribution is -2.43. The normalized spacial score (nSPS) is 14.6. The number of fused-ring (bicyclic) bond motifs is 3. The molecule has 1 aliphatic rings. The zero-order valence-corrected chi connectivity index (χ0v) is 17.4. The van der Waals surface area contributed by atoms with Crippen LogP contribution in [0.3, 0.4) is 0 Å². The number of imidazole rings is 1. The second-order valence-electron chi connectivity index (χ2n) is 6.96. The summed E-state index contributed by atoms with van der Waals surface area (Å²) in [5, 5.41) is 17.2. The van der Waals surface area contributed by atoms with Crippen molar-refractivity contribution >= 4 is 57.4 Å². The number of nitrogens with one attached hydrogen (secondary N) is 1. The first-order valence-corrected chi connectivity index (χ1v) is 10.9. The fourth-order valence-corrected chi connectivity index (χ4v) is 4.83. The first-order valence-electron chi connectivity index (χ1n) is 9.36. The van der Waals surface area contributed by atoms with Gasteiger partial charge in [-0.15, -0.1) is 0 Å². The topological polar surface area (TPSA) is 72.4 Å². The highest BCUT2D eigenvalue weighted by Crippen LogP contribution is 2.31. The summed E-state index contributed by atoms with van der Waals surface area (Å²) in [4.78, 5) is 11.1. The number of hydrogen-bond acceptors (Lipinski definition) is 6. The average Bonchev–Trinajstić information content (AvgIpc) is 3.21. The van der Waals surface area contributed by atoms with Crippen LogP contribution >= 0.6 is 23.4 Å². The third kappa shape index (κ3) is 3.12. The summed E-state index contributed by atoms with van der Waals surface area (Å²) >= 11 is 8.29. The fraction of sp³-hybridized carbons (Fsp3) is 0.250. The molecule has 7 nitrogen and oxygen atoms in total. The molecule has 1 saturated heterocycles. The molecule has 0 spiro atoms. The largest absolute Gasteiger partial charge is 0.740 e. The van der Waals surface area contributed by atoms with Gasteiger partial charge in [0.15, 0.2) is 17.7 Å². The van der Waals surface area contributed by atoms with Gasteiger partial charge in [0.2, 0.25) is 5.82 Å². The second kappa shape index (κ2) is 7.27.